The molecule has 2 fully saturated rings. The molecule has 2 aliphatic rings. The van der Waals surface area contributed by atoms with Crippen molar-refractivity contribution in [2.45, 2.75) is 24.6 Å². The van der Waals surface area contributed by atoms with Crippen molar-refractivity contribution in [2.75, 3.05) is 16.4 Å². The standard InChI is InChI=1S/C20H18BrFN2O3S2/c1-12-2-4-13(5-3-12)8-19(25)23-20-24(16-7-6-14(21)9-15(16)22)17-10-29(26,27)11-18(17)28-20/h2-7,9,17-18H,8,10-11H2,1H3. The Labute approximate surface area is 181 Å². The molecule has 2 unspecified atom stereocenters. The number of rotatable bonds is 3. The summed E-state index contributed by atoms with van der Waals surface area (Å²) in [6.45, 7) is 1.97. The lowest BCUT2D eigenvalue weighted by molar-refractivity contribution is -0.117. The van der Waals surface area contributed by atoms with Gasteiger partial charge in [-0.15, -0.1) is 0 Å². The van der Waals surface area contributed by atoms with Crippen LogP contribution in [0, 0.1) is 12.7 Å². The van der Waals surface area contributed by atoms with Crippen molar-refractivity contribution in [3.05, 3.63) is 63.9 Å². The second kappa shape index (κ2) is 7.85. The van der Waals surface area contributed by atoms with E-state index >= 15 is 0 Å². The van der Waals surface area contributed by atoms with Crippen LogP contribution < -0.4 is 4.90 Å². The number of carbonyl (C=O) groups is 1. The molecular formula is C20H18BrFN2O3S2. The summed E-state index contributed by atoms with van der Waals surface area (Å²) in [7, 11) is -3.21. The van der Waals surface area contributed by atoms with E-state index in [1.54, 1.807) is 17.0 Å². The van der Waals surface area contributed by atoms with Crippen molar-refractivity contribution in [2.24, 2.45) is 4.99 Å². The smallest absolute Gasteiger partial charge is 0.252 e. The fraction of sp³-hybridized carbons (Fsp3) is 0.300. The summed E-state index contributed by atoms with van der Waals surface area (Å²) in [6, 6.07) is 11.8. The molecular weight excluding hydrogens is 479 g/mol. The highest BCUT2D eigenvalue weighted by Crippen LogP contribution is 2.42. The van der Waals surface area contributed by atoms with E-state index in [1.807, 2.05) is 31.2 Å². The lowest BCUT2D eigenvalue weighted by Crippen LogP contribution is -2.38. The number of aryl methyl sites for hydroxylation is 1. The van der Waals surface area contributed by atoms with E-state index in [4.69, 9.17) is 0 Å². The largest absolute Gasteiger partial charge is 0.313 e. The van der Waals surface area contributed by atoms with Crippen LogP contribution in [0.5, 0.6) is 0 Å². The van der Waals surface area contributed by atoms with Crippen LogP contribution in [0.15, 0.2) is 51.9 Å². The lowest BCUT2D eigenvalue weighted by atomic mass is 10.1. The molecule has 0 aliphatic carbocycles. The second-order valence-electron chi connectivity index (χ2n) is 7.22. The Bertz CT molecular complexity index is 1100. The summed E-state index contributed by atoms with van der Waals surface area (Å²) in [6.07, 6.45) is 0.134. The molecule has 0 radical (unpaired) electrons. The van der Waals surface area contributed by atoms with Crippen molar-refractivity contribution >= 4 is 54.3 Å². The van der Waals surface area contributed by atoms with Gasteiger partial charge in [-0.25, -0.2) is 12.8 Å². The molecule has 2 heterocycles. The predicted octanol–water partition coefficient (Wildman–Crippen LogP) is 3.74. The average Bonchev–Trinajstić information content (AvgIpc) is 3.08. The summed E-state index contributed by atoms with van der Waals surface area (Å²) in [5, 5.41) is 0.0854. The van der Waals surface area contributed by atoms with Gasteiger partial charge in [-0.05, 0) is 30.7 Å². The molecule has 0 N–H and O–H groups in total. The van der Waals surface area contributed by atoms with Crippen LogP contribution in [0.1, 0.15) is 11.1 Å². The zero-order valence-corrected chi connectivity index (χ0v) is 18.7. The molecule has 5 nitrogen and oxygen atoms in total. The molecule has 9 heteroatoms. The minimum atomic E-state index is -3.21. The number of aliphatic imine (C=N–C) groups is 1. The first-order chi connectivity index (χ1) is 13.7. The van der Waals surface area contributed by atoms with Gasteiger partial charge >= 0.3 is 0 Å². The van der Waals surface area contributed by atoms with Gasteiger partial charge in [0.05, 0.1) is 29.7 Å². The van der Waals surface area contributed by atoms with Crippen molar-refractivity contribution in [1.29, 1.82) is 0 Å². The maximum Gasteiger partial charge on any atom is 0.252 e. The minimum absolute atomic E-state index is 0.00214. The zero-order chi connectivity index (χ0) is 20.8. The average molecular weight is 497 g/mol. The first-order valence-corrected chi connectivity index (χ1v) is 12.5. The van der Waals surface area contributed by atoms with Gasteiger partial charge in [-0.2, -0.15) is 4.99 Å². The summed E-state index contributed by atoms with van der Waals surface area (Å²) in [5.41, 5.74) is 2.18. The highest BCUT2D eigenvalue weighted by molar-refractivity contribution is 9.10. The molecule has 1 amide bonds. The first-order valence-electron chi connectivity index (χ1n) is 9.00. The number of benzene rings is 2. The third-order valence-electron chi connectivity index (χ3n) is 4.93. The third kappa shape index (κ3) is 4.41. The number of anilines is 1. The summed E-state index contributed by atoms with van der Waals surface area (Å²) < 4.78 is 39.5. The van der Waals surface area contributed by atoms with Crippen molar-refractivity contribution in [3.8, 4) is 0 Å². The number of halogens is 2. The Hall–Kier alpha value is -1.71. The lowest BCUT2D eigenvalue weighted by Gasteiger charge is -2.25. The van der Waals surface area contributed by atoms with E-state index in [0.717, 1.165) is 11.1 Å². The van der Waals surface area contributed by atoms with E-state index in [0.29, 0.717) is 9.64 Å². The van der Waals surface area contributed by atoms with Crippen LogP contribution in [0.25, 0.3) is 0 Å². The molecule has 0 aromatic heterocycles. The zero-order valence-electron chi connectivity index (χ0n) is 15.5. The number of hydrogen-bond acceptors (Lipinski definition) is 4. The molecule has 0 saturated carbocycles. The van der Waals surface area contributed by atoms with Crippen molar-refractivity contribution in [3.63, 3.8) is 0 Å². The molecule has 2 saturated heterocycles. The number of sulfone groups is 1. The van der Waals surface area contributed by atoms with Crippen LogP contribution in [-0.2, 0) is 21.1 Å². The number of hydrogen-bond donors (Lipinski definition) is 0. The fourth-order valence-electron chi connectivity index (χ4n) is 3.55. The topological polar surface area (TPSA) is 66.8 Å². The van der Waals surface area contributed by atoms with E-state index < -0.39 is 21.7 Å². The summed E-state index contributed by atoms with van der Waals surface area (Å²) in [4.78, 5) is 18.4. The molecule has 2 atom stereocenters. The Balaban J connectivity index is 1.66. The van der Waals surface area contributed by atoms with Gasteiger partial charge < -0.3 is 4.90 Å². The molecule has 29 heavy (non-hydrogen) atoms. The number of fused-ring (bicyclic) bond motifs is 1. The predicted molar refractivity (Wildman–Crippen MR) is 118 cm³/mol. The summed E-state index contributed by atoms with van der Waals surface area (Å²) >= 11 is 4.47. The molecule has 152 valence electrons. The Kier molecular flexibility index (Phi) is 5.56. The SMILES string of the molecule is Cc1ccc(CC(=O)N=C2SC3CS(=O)(=O)CC3N2c2ccc(Br)cc2F)cc1. The monoisotopic (exact) mass is 496 g/mol. The van der Waals surface area contributed by atoms with Gasteiger partial charge in [0.25, 0.3) is 5.91 Å². The quantitative estimate of drug-likeness (QED) is 0.647. The van der Waals surface area contributed by atoms with Crippen LogP contribution in [0.4, 0.5) is 10.1 Å². The number of nitrogens with zero attached hydrogens (tertiary/aromatic N) is 2. The maximum absolute atomic E-state index is 14.7. The van der Waals surface area contributed by atoms with E-state index in [1.165, 1.54) is 17.8 Å². The molecule has 2 aromatic rings. The Morgan fingerprint density at radius 1 is 1.24 bits per heavy atom. The molecule has 0 spiro atoms. The molecule has 2 aromatic carbocycles. The van der Waals surface area contributed by atoms with Gasteiger partial charge in [-0.3, -0.25) is 4.79 Å². The maximum atomic E-state index is 14.7. The van der Waals surface area contributed by atoms with Crippen LogP contribution in [0.2, 0.25) is 0 Å². The minimum Gasteiger partial charge on any atom is -0.313 e. The number of carbonyl (C=O) groups excluding carboxylic acids is 1. The van der Waals surface area contributed by atoms with Crippen molar-refractivity contribution in [1.82, 2.24) is 0 Å². The van der Waals surface area contributed by atoms with Gasteiger partial charge in [0.2, 0.25) is 0 Å². The second-order valence-corrected chi connectivity index (χ2v) is 11.5. The van der Waals surface area contributed by atoms with Gasteiger partial charge in [0.15, 0.2) is 15.0 Å². The van der Waals surface area contributed by atoms with Gasteiger partial charge in [0, 0.05) is 9.72 Å². The first kappa shape index (κ1) is 20.6. The molecule has 2 aliphatic heterocycles. The van der Waals surface area contributed by atoms with Crippen LogP contribution in [0.3, 0.4) is 0 Å². The van der Waals surface area contributed by atoms with E-state index in [9.17, 15) is 17.6 Å². The third-order valence-corrected chi connectivity index (χ3v) is 8.64. The molecule has 4 rings (SSSR count). The molecule has 0 bridgehead atoms. The van der Waals surface area contributed by atoms with Gasteiger partial charge in [-0.1, -0.05) is 57.5 Å². The Morgan fingerprint density at radius 2 is 1.97 bits per heavy atom. The Morgan fingerprint density at radius 3 is 2.66 bits per heavy atom. The van der Waals surface area contributed by atoms with Crippen molar-refractivity contribution < 1.29 is 17.6 Å². The normalized spacial score (nSPS) is 24.1. The van der Waals surface area contributed by atoms with Crippen LogP contribution in [-0.4, -0.2) is 42.3 Å². The highest BCUT2D eigenvalue weighted by atomic mass is 79.9. The van der Waals surface area contributed by atoms with Crippen LogP contribution >= 0.6 is 27.7 Å². The highest BCUT2D eigenvalue weighted by Gasteiger charge is 2.50. The van der Waals surface area contributed by atoms with E-state index in [-0.39, 0.29) is 34.8 Å². The number of thioether (sulfide) groups is 1. The summed E-state index contributed by atoms with van der Waals surface area (Å²) in [5.74, 6) is -0.918. The number of amides is 1. The fourth-order valence-corrected chi connectivity index (χ4v) is 7.81. The van der Waals surface area contributed by atoms with Gasteiger partial charge in [0.1, 0.15) is 5.82 Å². The number of amidine groups is 1. The van der Waals surface area contributed by atoms with E-state index in [2.05, 4.69) is 20.9 Å².